The summed E-state index contributed by atoms with van der Waals surface area (Å²) in [6, 6.07) is 3.80. The standard InChI is InChI=1S/C12H4F6/c13-6-3-1-2-5(4-6)7-8(14)10(16)12(18)11(17)9(7)15/h1-4H. The van der Waals surface area contributed by atoms with Crippen LogP contribution in [0.2, 0.25) is 0 Å². The van der Waals surface area contributed by atoms with Gasteiger partial charge in [-0.3, -0.25) is 0 Å². The Labute approximate surface area is 97.5 Å². The van der Waals surface area contributed by atoms with Crippen LogP contribution in [0.4, 0.5) is 26.3 Å². The van der Waals surface area contributed by atoms with E-state index in [0.29, 0.717) is 6.07 Å². The smallest absolute Gasteiger partial charge is 0.200 e. The fraction of sp³-hybridized carbons (Fsp3) is 0. The first-order chi connectivity index (χ1) is 8.43. The molecule has 18 heavy (non-hydrogen) atoms. The van der Waals surface area contributed by atoms with E-state index < -0.39 is 46.0 Å². The van der Waals surface area contributed by atoms with Gasteiger partial charge in [0.25, 0.3) is 0 Å². The third-order valence-electron chi connectivity index (χ3n) is 2.32. The molecule has 2 rings (SSSR count). The Morgan fingerprint density at radius 3 is 1.61 bits per heavy atom. The molecule has 0 unspecified atom stereocenters. The quantitative estimate of drug-likeness (QED) is 0.410. The molecule has 0 heterocycles. The van der Waals surface area contributed by atoms with Crippen LogP contribution < -0.4 is 0 Å². The maximum Gasteiger partial charge on any atom is 0.200 e. The lowest BCUT2D eigenvalue weighted by atomic mass is 10.0. The van der Waals surface area contributed by atoms with Gasteiger partial charge in [-0.2, -0.15) is 0 Å². The van der Waals surface area contributed by atoms with Gasteiger partial charge < -0.3 is 0 Å². The SMILES string of the molecule is Fc1cccc(-c2c(F)c(F)c(F)c(F)c2F)c1. The molecular weight excluding hydrogens is 258 g/mol. The summed E-state index contributed by atoms with van der Waals surface area (Å²) in [5, 5.41) is 0. The van der Waals surface area contributed by atoms with Gasteiger partial charge in [0, 0.05) is 0 Å². The number of halogens is 6. The lowest BCUT2D eigenvalue weighted by Gasteiger charge is -2.08. The monoisotopic (exact) mass is 262 g/mol. The molecule has 0 spiro atoms. The number of hydrogen-bond acceptors (Lipinski definition) is 0. The van der Waals surface area contributed by atoms with Crippen LogP contribution in [0.3, 0.4) is 0 Å². The van der Waals surface area contributed by atoms with Gasteiger partial charge in [-0.1, -0.05) is 12.1 Å². The second-order valence-corrected chi connectivity index (χ2v) is 3.46. The van der Waals surface area contributed by atoms with Crippen molar-refractivity contribution in [2.75, 3.05) is 0 Å². The van der Waals surface area contributed by atoms with Gasteiger partial charge in [0.2, 0.25) is 5.82 Å². The molecule has 0 bridgehead atoms. The number of benzene rings is 2. The molecule has 0 N–H and O–H groups in total. The third kappa shape index (κ3) is 1.83. The molecule has 0 aliphatic heterocycles. The average Bonchev–Trinajstić information content (AvgIpc) is 2.34. The van der Waals surface area contributed by atoms with E-state index in [2.05, 4.69) is 0 Å². The highest BCUT2D eigenvalue weighted by Gasteiger charge is 2.26. The van der Waals surface area contributed by atoms with E-state index in [1.54, 1.807) is 0 Å². The van der Waals surface area contributed by atoms with Crippen LogP contribution in [0, 0.1) is 34.9 Å². The molecule has 0 aliphatic rings. The Morgan fingerprint density at radius 2 is 1.11 bits per heavy atom. The minimum absolute atomic E-state index is 0.428. The van der Waals surface area contributed by atoms with Crippen LogP contribution in [-0.2, 0) is 0 Å². The van der Waals surface area contributed by atoms with Gasteiger partial charge >= 0.3 is 0 Å². The molecule has 0 aliphatic carbocycles. The Hall–Kier alpha value is -1.98. The minimum Gasteiger partial charge on any atom is -0.207 e. The minimum atomic E-state index is -2.25. The van der Waals surface area contributed by atoms with Gasteiger partial charge in [0.15, 0.2) is 23.3 Å². The van der Waals surface area contributed by atoms with E-state index in [-0.39, 0.29) is 0 Å². The van der Waals surface area contributed by atoms with E-state index in [0.717, 1.165) is 18.2 Å². The van der Waals surface area contributed by atoms with Crippen molar-refractivity contribution >= 4 is 0 Å². The van der Waals surface area contributed by atoms with Crippen LogP contribution in [0.15, 0.2) is 24.3 Å². The van der Waals surface area contributed by atoms with Gasteiger partial charge in [0.05, 0.1) is 5.56 Å². The summed E-state index contributed by atoms with van der Waals surface area (Å²) in [5.74, 6) is -11.2. The van der Waals surface area contributed by atoms with Gasteiger partial charge in [-0.25, -0.2) is 26.3 Å². The van der Waals surface area contributed by atoms with Crippen LogP contribution >= 0.6 is 0 Å². The molecule has 0 aromatic heterocycles. The van der Waals surface area contributed by atoms with Crippen molar-refractivity contribution in [3.63, 3.8) is 0 Å². The largest absolute Gasteiger partial charge is 0.207 e. The van der Waals surface area contributed by atoms with E-state index in [1.807, 2.05) is 0 Å². The molecule has 0 saturated carbocycles. The molecule has 6 heteroatoms. The fourth-order valence-corrected chi connectivity index (χ4v) is 1.50. The van der Waals surface area contributed by atoms with Crippen molar-refractivity contribution in [1.29, 1.82) is 0 Å². The van der Waals surface area contributed by atoms with Gasteiger partial charge in [-0.15, -0.1) is 0 Å². The Balaban J connectivity index is 2.80. The molecule has 0 amide bonds. The fourth-order valence-electron chi connectivity index (χ4n) is 1.50. The highest BCUT2D eigenvalue weighted by atomic mass is 19.2. The van der Waals surface area contributed by atoms with E-state index in [4.69, 9.17) is 0 Å². The predicted molar refractivity (Wildman–Crippen MR) is 51.6 cm³/mol. The molecule has 0 nitrogen and oxygen atoms in total. The van der Waals surface area contributed by atoms with Crippen molar-refractivity contribution in [1.82, 2.24) is 0 Å². The summed E-state index contributed by atoms with van der Waals surface area (Å²) in [6.07, 6.45) is 0. The van der Waals surface area contributed by atoms with Crippen molar-refractivity contribution in [2.45, 2.75) is 0 Å². The van der Waals surface area contributed by atoms with Crippen molar-refractivity contribution in [3.05, 3.63) is 59.2 Å². The van der Waals surface area contributed by atoms with E-state index >= 15 is 0 Å². The number of rotatable bonds is 1. The average molecular weight is 262 g/mol. The summed E-state index contributed by atoms with van der Waals surface area (Å²) in [6.45, 7) is 0. The summed E-state index contributed by atoms with van der Waals surface area (Å²) < 4.78 is 78.3. The molecule has 0 atom stereocenters. The predicted octanol–water partition coefficient (Wildman–Crippen LogP) is 4.19. The Kier molecular flexibility index (Phi) is 3.02. The zero-order valence-corrected chi connectivity index (χ0v) is 8.58. The van der Waals surface area contributed by atoms with E-state index in [9.17, 15) is 26.3 Å². The van der Waals surface area contributed by atoms with Crippen molar-refractivity contribution < 1.29 is 26.3 Å². The van der Waals surface area contributed by atoms with Crippen LogP contribution in [-0.4, -0.2) is 0 Å². The van der Waals surface area contributed by atoms with Crippen LogP contribution in [0.1, 0.15) is 0 Å². The molecule has 94 valence electrons. The second-order valence-electron chi connectivity index (χ2n) is 3.46. The highest BCUT2D eigenvalue weighted by Crippen LogP contribution is 2.31. The number of hydrogen-bond donors (Lipinski definition) is 0. The summed E-state index contributed by atoms with van der Waals surface area (Å²) in [5.41, 5.74) is -1.58. The zero-order chi connectivity index (χ0) is 13.4. The molecule has 2 aromatic rings. The Bertz CT molecular complexity index is 591. The molecular formula is C12H4F6. The summed E-state index contributed by atoms with van der Waals surface area (Å²) in [4.78, 5) is 0. The molecule has 0 fully saturated rings. The maximum absolute atomic E-state index is 13.4. The first-order valence-corrected chi connectivity index (χ1v) is 4.71. The van der Waals surface area contributed by atoms with Crippen molar-refractivity contribution in [2.24, 2.45) is 0 Å². The lowest BCUT2D eigenvalue weighted by Crippen LogP contribution is -2.04. The lowest BCUT2D eigenvalue weighted by molar-refractivity contribution is 0.381. The first kappa shape index (κ1) is 12.5. The second kappa shape index (κ2) is 4.36. The van der Waals surface area contributed by atoms with E-state index in [1.165, 1.54) is 0 Å². The Morgan fingerprint density at radius 1 is 0.611 bits per heavy atom. The van der Waals surface area contributed by atoms with Crippen LogP contribution in [0.25, 0.3) is 11.1 Å². The first-order valence-electron chi connectivity index (χ1n) is 4.71. The topological polar surface area (TPSA) is 0 Å². The third-order valence-corrected chi connectivity index (χ3v) is 2.32. The summed E-state index contributed by atoms with van der Waals surface area (Å²) in [7, 11) is 0. The van der Waals surface area contributed by atoms with Gasteiger partial charge in [0.1, 0.15) is 5.82 Å². The highest BCUT2D eigenvalue weighted by molar-refractivity contribution is 5.65. The van der Waals surface area contributed by atoms with Crippen LogP contribution in [0.5, 0.6) is 0 Å². The van der Waals surface area contributed by atoms with Gasteiger partial charge in [-0.05, 0) is 17.7 Å². The molecule has 0 radical (unpaired) electrons. The normalized spacial score (nSPS) is 10.8. The molecule has 2 aromatic carbocycles. The maximum atomic E-state index is 13.4. The molecule has 0 saturated heterocycles. The van der Waals surface area contributed by atoms with Crippen molar-refractivity contribution in [3.8, 4) is 11.1 Å². The summed E-state index contributed by atoms with van der Waals surface area (Å²) >= 11 is 0. The zero-order valence-electron chi connectivity index (χ0n) is 8.58.